The van der Waals surface area contributed by atoms with E-state index < -0.39 is 0 Å². The van der Waals surface area contributed by atoms with E-state index in [1.54, 1.807) is 6.20 Å². The third-order valence-corrected chi connectivity index (χ3v) is 4.13. The molecule has 0 atom stereocenters. The lowest BCUT2D eigenvalue weighted by Crippen LogP contribution is -2.16. The van der Waals surface area contributed by atoms with Crippen LogP contribution in [0.25, 0.3) is 0 Å². The van der Waals surface area contributed by atoms with Crippen LogP contribution in [-0.4, -0.2) is 17.4 Å². The molecule has 0 aliphatic carbocycles. The van der Waals surface area contributed by atoms with Crippen LogP contribution in [0.15, 0.2) is 30.5 Å². The highest BCUT2D eigenvalue weighted by Gasteiger charge is 2.12. The average molecular weight is 303 g/mol. The number of hydrogen-bond acceptors (Lipinski definition) is 4. The summed E-state index contributed by atoms with van der Waals surface area (Å²) < 4.78 is 0. The fourth-order valence-electron chi connectivity index (χ4n) is 1.98. The molecule has 0 aliphatic heterocycles. The second-order valence-electron chi connectivity index (χ2n) is 4.76. The topological polar surface area (TPSA) is 54.0 Å². The molecule has 0 bridgehead atoms. The van der Waals surface area contributed by atoms with Crippen LogP contribution in [0, 0.1) is 0 Å². The van der Waals surface area contributed by atoms with Gasteiger partial charge in [-0.1, -0.05) is 32.0 Å². The number of benzene rings is 1. The third kappa shape index (κ3) is 4.37. The van der Waals surface area contributed by atoms with E-state index in [2.05, 4.69) is 29.5 Å². The molecule has 0 spiro atoms. The lowest BCUT2D eigenvalue weighted by atomic mass is 10.1. The summed E-state index contributed by atoms with van der Waals surface area (Å²) in [6.45, 7) is 5.82. The molecule has 1 aromatic heterocycles. The smallest absolute Gasteiger partial charge is 0.267 e. The molecule has 0 radical (unpaired) electrons. The molecule has 0 aliphatic rings. The van der Waals surface area contributed by atoms with Gasteiger partial charge in [-0.2, -0.15) is 0 Å². The van der Waals surface area contributed by atoms with E-state index in [1.807, 2.05) is 24.3 Å². The van der Waals surface area contributed by atoms with Gasteiger partial charge in [-0.3, -0.25) is 4.79 Å². The van der Waals surface area contributed by atoms with E-state index >= 15 is 0 Å². The number of aromatic nitrogens is 1. The van der Waals surface area contributed by atoms with Gasteiger partial charge in [0.2, 0.25) is 0 Å². The number of anilines is 1. The Morgan fingerprint density at radius 2 is 2.10 bits per heavy atom. The van der Waals surface area contributed by atoms with Crippen LogP contribution < -0.4 is 10.6 Å². The molecule has 0 fully saturated rings. The molecule has 1 heterocycles. The molecule has 2 rings (SSSR count). The zero-order valence-electron chi connectivity index (χ0n) is 12.5. The van der Waals surface area contributed by atoms with E-state index in [9.17, 15) is 4.79 Å². The quantitative estimate of drug-likeness (QED) is 0.823. The molecule has 1 aromatic carbocycles. The second kappa shape index (κ2) is 7.90. The number of thiazole rings is 1. The lowest BCUT2D eigenvalue weighted by Gasteiger charge is -2.10. The van der Waals surface area contributed by atoms with E-state index in [0.717, 1.165) is 42.2 Å². The normalized spacial score (nSPS) is 10.6. The Morgan fingerprint density at radius 3 is 2.86 bits per heavy atom. The van der Waals surface area contributed by atoms with E-state index in [4.69, 9.17) is 0 Å². The number of hydrogen-bond donors (Lipinski definition) is 2. The molecule has 21 heavy (non-hydrogen) atoms. The highest BCUT2D eigenvalue weighted by atomic mass is 32.1. The van der Waals surface area contributed by atoms with Crippen molar-refractivity contribution in [3.8, 4) is 0 Å². The number of nitrogens with one attached hydrogen (secondary N) is 2. The Bertz CT molecular complexity index is 595. The molecule has 5 heteroatoms. The molecule has 2 aromatic rings. The third-order valence-electron chi connectivity index (χ3n) is 3.07. The first-order chi connectivity index (χ1) is 10.2. The number of rotatable bonds is 7. The van der Waals surface area contributed by atoms with Gasteiger partial charge in [0.25, 0.3) is 5.91 Å². The van der Waals surface area contributed by atoms with Crippen molar-refractivity contribution in [2.45, 2.75) is 33.2 Å². The van der Waals surface area contributed by atoms with Crippen molar-refractivity contribution in [1.29, 1.82) is 0 Å². The van der Waals surface area contributed by atoms with Crippen LogP contribution in [-0.2, 0) is 13.0 Å². The Kier molecular flexibility index (Phi) is 5.90. The van der Waals surface area contributed by atoms with Crippen molar-refractivity contribution >= 4 is 22.9 Å². The van der Waals surface area contributed by atoms with Gasteiger partial charge in [0.1, 0.15) is 4.88 Å². The summed E-state index contributed by atoms with van der Waals surface area (Å²) in [5, 5.41) is 7.28. The Hall–Kier alpha value is -1.72. The molecule has 0 saturated carbocycles. The maximum absolute atomic E-state index is 12.3. The van der Waals surface area contributed by atoms with Gasteiger partial charge in [0.15, 0.2) is 0 Å². The zero-order valence-corrected chi connectivity index (χ0v) is 13.3. The largest absolute Gasteiger partial charge is 0.321 e. The minimum Gasteiger partial charge on any atom is -0.321 e. The predicted octanol–water partition coefficient (Wildman–Crippen LogP) is 3.46. The van der Waals surface area contributed by atoms with Gasteiger partial charge in [-0.05, 0) is 31.0 Å². The number of para-hydroxylation sites is 1. The van der Waals surface area contributed by atoms with Crippen molar-refractivity contribution in [2.75, 3.05) is 11.9 Å². The minimum absolute atomic E-state index is 0.0844. The molecular formula is C16H21N3OS. The van der Waals surface area contributed by atoms with Crippen molar-refractivity contribution < 1.29 is 4.79 Å². The first-order valence-electron chi connectivity index (χ1n) is 7.29. The summed E-state index contributed by atoms with van der Waals surface area (Å²) in [5.41, 5.74) is 1.94. The van der Waals surface area contributed by atoms with Crippen molar-refractivity contribution in [3.63, 3.8) is 0 Å². The van der Waals surface area contributed by atoms with Crippen molar-refractivity contribution in [2.24, 2.45) is 0 Å². The van der Waals surface area contributed by atoms with Gasteiger partial charge >= 0.3 is 0 Å². The Morgan fingerprint density at radius 1 is 1.29 bits per heavy atom. The maximum Gasteiger partial charge on any atom is 0.267 e. The van der Waals surface area contributed by atoms with Crippen LogP contribution >= 0.6 is 11.3 Å². The molecule has 2 N–H and O–H groups in total. The van der Waals surface area contributed by atoms with Crippen LogP contribution in [0.5, 0.6) is 0 Å². The average Bonchev–Trinajstić information content (AvgIpc) is 2.95. The summed E-state index contributed by atoms with van der Waals surface area (Å²) in [6.07, 6.45) is 3.63. The summed E-state index contributed by atoms with van der Waals surface area (Å²) >= 11 is 1.47. The van der Waals surface area contributed by atoms with Crippen LogP contribution in [0.1, 0.15) is 40.5 Å². The Labute approximate surface area is 129 Å². The Balaban J connectivity index is 2.07. The molecule has 112 valence electrons. The van der Waals surface area contributed by atoms with Gasteiger partial charge in [0.05, 0.1) is 11.2 Å². The fourth-order valence-corrected chi connectivity index (χ4v) is 2.90. The molecule has 0 unspecified atom stereocenters. The summed E-state index contributed by atoms with van der Waals surface area (Å²) in [6, 6.07) is 7.86. The first kappa shape index (κ1) is 15.7. The minimum atomic E-state index is -0.0844. The van der Waals surface area contributed by atoms with Crippen molar-refractivity contribution in [1.82, 2.24) is 10.3 Å². The fraction of sp³-hybridized carbons (Fsp3) is 0.375. The summed E-state index contributed by atoms with van der Waals surface area (Å²) in [7, 11) is 0. The predicted molar refractivity (Wildman–Crippen MR) is 87.9 cm³/mol. The van der Waals surface area contributed by atoms with Gasteiger partial charge in [-0.15, -0.1) is 11.3 Å². The molecule has 1 amide bonds. The monoisotopic (exact) mass is 303 g/mol. The van der Waals surface area contributed by atoms with Gasteiger partial charge in [0, 0.05) is 12.2 Å². The summed E-state index contributed by atoms with van der Waals surface area (Å²) in [5.74, 6) is -0.0844. The van der Waals surface area contributed by atoms with E-state index in [-0.39, 0.29) is 5.91 Å². The van der Waals surface area contributed by atoms with Crippen LogP contribution in [0.4, 0.5) is 5.69 Å². The van der Waals surface area contributed by atoms with Gasteiger partial charge in [-0.25, -0.2) is 4.98 Å². The maximum atomic E-state index is 12.3. The number of aryl methyl sites for hydroxylation is 1. The van der Waals surface area contributed by atoms with Gasteiger partial charge < -0.3 is 10.6 Å². The number of amides is 1. The SMILES string of the molecule is CCCc1ncc(C(=O)Nc2ccccc2CNCC)s1. The molecular weight excluding hydrogens is 282 g/mol. The van der Waals surface area contributed by atoms with Crippen molar-refractivity contribution in [3.05, 3.63) is 45.9 Å². The van der Waals surface area contributed by atoms with E-state index in [1.165, 1.54) is 11.3 Å². The standard InChI is InChI=1S/C16H21N3OS/c1-3-7-15-18-11-14(21-15)16(20)19-13-9-6-5-8-12(13)10-17-4-2/h5-6,8-9,11,17H,3-4,7,10H2,1-2H3,(H,19,20). The lowest BCUT2D eigenvalue weighted by molar-refractivity contribution is 0.103. The van der Waals surface area contributed by atoms with E-state index in [0.29, 0.717) is 4.88 Å². The number of carbonyl (C=O) groups is 1. The summed E-state index contributed by atoms with van der Waals surface area (Å²) in [4.78, 5) is 17.2. The second-order valence-corrected chi connectivity index (χ2v) is 5.88. The molecule has 0 saturated heterocycles. The number of nitrogens with zero attached hydrogens (tertiary/aromatic N) is 1. The van der Waals surface area contributed by atoms with Crippen LogP contribution in [0.3, 0.4) is 0 Å². The highest BCUT2D eigenvalue weighted by molar-refractivity contribution is 7.13. The number of carbonyl (C=O) groups excluding carboxylic acids is 1. The van der Waals surface area contributed by atoms with Crippen LogP contribution in [0.2, 0.25) is 0 Å². The molecule has 4 nitrogen and oxygen atoms in total. The first-order valence-corrected chi connectivity index (χ1v) is 8.11. The highest BCUT2D eigenvalue weighted by Crippen LogP contribution is 2.19. The zero-order chi connectivity index (χ0) is 15.1.